The Kier molecular flexibility index (Phi) is 5.34. The maximum atomic E-state index is 13.5. The normalized spacial score (nSPS) is 22.1. The molecule has 158 valence electrons. The van der Waals surface area contributed by atoms with Crippen LogP contribution in [0.1, 0.15) is 25.3 Å². The first-order valence-electron chi connectivity index (χ1n) is 10.0. The topological polar surface area (TPSA) is 84.9 Å². The van der Waals surface area contributed by atoms with E-state index in [2.05, 4.69) is 10.6 Å². The standard InChI is InChI=1S/C22H25FN4O3/c1-13(2)24-21(29)26-11-18-20(16-8-3-4-9-17(16)26)19(12-28)27(18)22(30)25-15-7-5-6-14(23)10-15/h3-10,13,18-20,28H,11-12H2,1-2H3,(H,24,29)(H,25,30)/t18-,19+,20+/m1/s1. The SMILES string of the molecule is CC(C)NC(=O)N1C[C@@H]2[C@H](c3ccccc31)[C@H](CO)N2C(=O)Nc1cccc(F)c1. The summed E-state index contributed by atoms with van der Waals surface area (Å²) in [6.45, 7) is 3.89. The van der Waals surface area contributed by atoms with E-state index < -0.39 is 17.9 Å². The van der Waals surface area contributed by atoms with E-state index in [-0.39, 0.29) is 30.6 Å². The number of halogens is 1. The van der Waals surface area contributed by atoms with Crippen LogP contribution in [0.4, 0.5) is 25.4 Å². The maximum Gasteiger partial charge on any atom is 0.322 e. The highest BCUT2D eigenvalue weighted by molar-refractivity contribution is 5.96. The van der Waals surface area contributed by atoms with Crippen LogP contribution < -0.4 is 15.5 Å². The molecule has 0 aliphatic carbocycles. The van der Waals surface area contributed by atoms with Crippen molar-refractivity contribution in [3.63, 3.8) is 0 Å². The van der Waals surface area contributed by atoms with Crippen molar-refractivity contribution in [2.75, 3.05) is 23.4 Å². The average molecular weight is 412 g/mol. The monoisotopic (exact) mass is 412 g/mol. The van der Waals surface area contributed by atoms with Gasteiger partial charge in [-0.1, -0.05) is 24.3 Å². The molecule has 2 aliphatic heterocycles. The van der Waals surface area contributed by atoms with E-state index in [0.717, 1.165) is 11.3 Å². The van der Waals surface area contributed by atoms with Crippen LogP contribution in [0.2, 0.25) is 0 Å². The summed E-state index contributed by atoms with van der Waals surface area (Å²) in [6.07, 6.45) is 0. The number of para-hydroxylation sites is 1. The Morgan fingerprint density at radius 1 is 1.17 bits per heavy atom. The molecular formula is C22H25FN4O3. The van der Waals surface area contributed by atoms with E-state index in [1.165, 1.54) is 18.2 Å². The first-order chi connectivity index (χ1) is 14.4. The van der Waals surface area contributed by atoms with Gasteiger partial charge in [-0.15, -0.1) is 0 Å². The van der Waals surface area contributed by atoms with Gasteiger partial charge in [-0.3, -0.25) is 4.90 Å². The van der Waals surface area contributed by atoms with E-state index in [1.54, 1.807) is 15.9 Å². The van der Waals surface area contributed by atoms with Crippen molar-refractivity contribution >= 4 is 23.4 Å². The Morgan fingerprint density at radius 2 is 1.93 bits per heavy atom. The average Bonchev–Trinajstić information content (AvgIpc) is 2.67. The summed E-state index contributed by atoms with van der Waals surface area (Å²) < 4.78 is 13.5. The largest absolute Gasteiger partial charge is 0.394 e. The minimum absolute atomic E-state index is 0.0265. The second kappa shape index (κ2) is 7.95. The molecule has 7 nitrogen and oxygen atoms in total. The van der Waals surface area contributed by atoms with Crippen molar-refractivity contribution in [1.29, 1.82) is 0 Å². The van der Waals surface area contributed by atoms with E-state index in [1.807, 2.05) is 38.1 Å². The summed E-state index contributed by atoms with van der Waals surface area (Å²) in [5.41, 5.74) is 2.06. The summed E-state index contributed by atoms with van der Waals surface area (Å²) in [6, 6.07) is 11.9. The smallest absolute Gasteiger partial charge is 0.322 e. The summed E-state index contributed by atoms with van der Waals surface area (Å²) >= 11 is 0. The molecule has 2 aliphatic rings. The van der Waals surface area contributed by atoms with E-state index >= 15 is 0 Å². The van der Waals surface area contributed by atoms with Gasteiger partial charge in [0.1, 0.15) is 5.82 Å². The lowest BCUT2D eigenvalue weighted by Gasteiger charge is -2.58. The summed E-state index contributed by atoms with van der Waals surface area (Å²) in [4.78, 5) is 29.0. The molecular weight excluding hydrogens is 387 g/mol. The Hall–Kier alpha value is -3.13. The molecule has 0 unspecified atom stereocenters. The van der Waals surface area contributed by atoms with Crippen LogP contribution in [0, 0.1) is 5.82 Å². The van der Waals surface area contributed by atoms with Gasteiger partial charge < -0.3 is 20.6 Å². The van der Waals surface area contributed by atoms with Crippen molar-refractivity contribution in [2.45, 2.75) is 37.9 Å². The minimum atomic E-state index is -0.448. The highest BCUT2D eigenvalue weighted by Gasteiger charge is 2.55. The van der Waals surface area contributed by atoms with Crippen molar-refractivity contribution in [2.24, 2.45) is 0 Å². The molecule has 2 heterocycles. The molecule has 1 fully saturated rings. The number of fused-ring (bicyclic) bond motifs is 3. The highest BCUT2D eigenvalue weighted by atomic mass is 19.1. The molecule has 0 spiro atoms. The quantitative estimate of drug-likeness (QED) is 0.724. The number of urea groups is 2. The number of carbonyl (C=O) groups excluding carboxylic acids is 2. The fraction of sp³-hybridized carbons (Fsp3) is 0.364. The van der Waals surface area contributed by atoms with Gasteiger partial charge in [-0.05, 0) is 43.7 Å². The van der Waals surface area contributed by atoms with Gasteiger partial charge in [0.15, 0.2) is 0 Å². The lowest BCUT2D eigenvalue weighted by molar-refractivity contribution is -0.00197. The number of nitrogens with zero attached hydrogens (tertiary/aromatic N) is 2. The molecule has 8 heteroatoms. The predicted molar refractivity (Wildman–Crippen MR) is 112 cm³/mol. The lowest BCUT2D eigenvalue weighted by atomic mass is 9.72. The maximum absolute atomic E-state index is 13.5. The van der Waals surface area contributed by atoms with Gasteiger partial charge in [-0.25, -0.2) is 14.0 Å². The highest BCUT2D eigenvalue weighted by Crippen LogP contribution is 2.48. The number of hydrogen-bond donors (Lipinski definition) is 3. The minimum Gasteiger partial charge on any atom is -0.394 e. The Morgan fingerprint density at radius 3 is 2.63 bits per heavy atom. The van der Waals surface area contributed by atoms with Crippen LogP contribution in [-0.2, 0) is 0 Å². The number of likely N-dealkylation sites (tertiary alicyclic amines) is 1. The van der Waals surface area contributed by atoms with E-state index in [0.29, 0.717) is 12.2 Å². The van der Waals surface area contributed by atoms with Gasteiger partial charge in [0, 0.05) is 29.9 Å². The molecule has 4 rings (SSSR count). The van der Waals surface area contributed by atoms with E-state index in [9.17, 15) is 19.1 Å². The Bertz CT molecular complexity index is 967. The van der Waals surface area contributed by atoms with Crippen molar-refractivity contribution in [1.82, 2.24) is 10.2 Å². The van der Waals surface area contributed by atoms with Crippen LogP contribution in [-0.4, -0.2) is 53.3 Å². The lowest BCUT2D eigenvalue weighted by Crippen LogP contribution is -2.71. The molecule has 4 amide bonds. The zero-order chi connectivity index (χ0) is 21.4. The fourth-order valence-electron chi connectivity index (χ4n) is 4.44. The van der Waals surface area contributed by atoms with Crippen LogP contribution >= 0.6 is 0 Å². The summed E-state index contributed by atoms with van der Waals surface area (Å²) in [7, 11) is 0. The first kappa shape index (κ1) is 20.2. The Balaban J connectivity index is 1.62. The second-order valence-electron chi connectivity index (χ2n) is 7.96. The van der Waals surface area contributed by atoms with Gasteiger partial charge in [-0.2, -0.15) is 0 Å². The number of anilines is 2. The molecule has 30 heavy (non-hydrogen) atoms. The summed E-state index contributed by atoms with van der Waals surface area (Å²) in [5, 5.41) is 15.6. The Labute approximate surface area is 174 Å². The van der Waals surface area contributed by atoms with E-state index in [4.69, 9.17) is 0 Å². The number of carbonyl (C=O) groups is 2. The van der Waals surface area contributed by atoms with Crippen molar-refractivity contribution in [3.8, 4) is 0 Å². The van der Waals surface area contributed by atoms with Gasteiger partial charge in [0.25, 0.3) is 0 Å². The number of hydrogen-bond acceptors (Lipinski definition) is 3. The van der Waals surface area contributed by atoms with Crippen LogP contribution in [0.3, 0.4) is 0 Å². The molecule has 3 atom stereocenters. The number of amides is 4. The zero-order valence-electron chi connectivity index (χ0n) is 16.9. The van der Waals surface area contributed by atoms with Gasteiger partial charge in [0.2, 0.25) is 0 Å². The number of aliphatic hydroxyl groups excluding tert-OH is 1. The predicted octanol–water partition coefficient (Wildman–Crippen LogP) is 3.12. The third-order valence-electron chi connectivity index (χ3n) is 5.65. The third kappa shape index (κ3) is 3.47. The molecule has 2 aromatic carbocycles. The van der Waals surface area contributed by atoms with Gasteiger partial charge >= 0.3 is 12.1 Å². The van der Waals surface area contributed by atoms with Gasteiger partial charge in [0.05, 0.1) is 18.7 Å². The molecule has 0 radical (unpaired) electrons. The fourth-order valence-corrected chi connectivity index (χ4v) is 4.44. The summed E-state index contributed by atoms with van der Waals surface area (Å²) in [5.74, 6) is -0.524. The van der Waals surface area contributed by atoms with Crippen molar-refractivity contribution < 1.29 is 19.1 Å². The molecule has 3 N–H and O–H groups in total. The number of rotatable bonds is 3. The molecule has 0 bridgehead atoms. The first-order valence-corrected chi connectivity index (χ1v) is 10.0. The molecule has 1 saturated heterocycles. The zero-order valence-corrected chi connectivity index (χ0v) is 16.9. The van der Waals surface area contributed by atoms with Crippen molar-refractivity contribution in [3.05, 3.63) is 59.9 Å². The third-order valence-corrected chi connectivity index (χ3v) is 5.65. The molecule has 2 aromatic rings. The molecule has 0 aromatic heterocycles. The number of aliphatic hydroxyl groups is 1. The van der Waals surface area contributed by atoms with Crippen LogP contribution in [0.25, 0.3) is 0 Å². The number of nitrogens with one attached hydrogen (secondary N) is 2. The second-order valence-corrected chi connectivity index (χ2v) is 7.96. The molecule has 0 saturated carbocycles. The van der Waals surface area contributed by atoms with Crippen LogP contribution in [0.5, 0.6) is 0 Å². The number of benzene rings is 2. The van der Waals surface area contributed by atoms with Crippen LogP contribution in [0.15, 0.2) is 48.5 Å².